The van der Waals surface area contributed by atoms with Crippen LogP contribution in [0.4, 0.5) is 11.5 Å². The van der Waals surface area contributed by atoms with Crippen LogP contribution in [0.15, 0.2) is 58.6 Å². The maximum atomic E-state index is 11.1. The van der Waals surface area contributed by atoms with Crippen LogP contribution in [0.2, 0.25) is 0 Å². The van der Waals surface area contributed by atoms with E-state index < -0.39 is 0 Å². The van der Waals surface area contributed by atoms with Gasteiger partial charge in [0.25, 0.3) is 0 Å². The number of rotatable bonds is 14. The number of nitrogens with zero attached hydrogens (tertiary/aromatic N) is 3. The van der Waals surface area contributed by atoms with Crippen molar-refractivity contribution in [2.24, 2.45) is 9.98 Å². The van der Waals surface area contributed by atoms with E-state index in [4.69, 9.17) is 4.74 Å². The van der Waals surface area contributed by atoms with Crippen LogP contribution in [0, 0.1) is 0 Å². The Labute approximate surface area is 259 Å². The fourth-order valence-corrected chi connectivity index (χ4v) is 4.77. The standard InChI is InChI=1S/C37H51N3O3/c1-8-9-10-11-12-13-14-15-21-43-30-18-19-33(41)27(23-30)25-40-35-32(17-16-20-38-35)39-26-28-22-29(36(2,3)4)24-31(34(28)42)37(5,6)7/h16-20,22-26,41-42H,8-15,21H2,1-7H3/b39-26?,40-25+. The lowest BCUT2D eigenvalue weighted by Crippen LogP contribution is -2.17. The van der Waals surface area contributed by atoms with Crippen molar-refractivity contribution in [3.8, 4) is 17.2 Å². The smallest absolute Gasteiger partial charge is 0.178 e. The molecule has 3 aromatic rings. The number of hydrogen-bond donors (Lipinski definition) is 2. The topological polar surface area (TPSA) is 87.3 Å². The number of hydrogen-bond acceptors (Lipinski definition) is 6. The first-order chi connectivity index (χ1) is 20.4. The first-order valence-corrected chi connectivity index (χ1v) is 15.8. The molecule has 0 atom stereocenters. The molecule has 0 radical (unpaired) electrons. The second-order valence-corrected chi connectivity index (χ2v) is 13.4. The molecule has 0 spiro atoms. The third kappa shape index (κ3) is 10.5. The zero-order chi connectivity index (χ0) is 31.5. The Hall–Kier alpha value is -3.67. The lowest BCUT2D eigenvalue weighted by molar-refractivity contribution is 0.303. The van der Waals surface area contributed by atoms with Gasteiger partial charge in [-0.05, 0) is 59.2 Å². The van der Waals surface area contributed by atoms with Crippen LogP contribution in [-0.2, 0) is 10.8 Å². The van der Waals surface area contributed by atoms with Crippen LogP contribution in [0.3, 0.4) is 0 Å². The van der Waals surface area contributed by atoms with E-state index >= 15 is 0 Å². The van der Waals surface area contributed by atoms with Gasteiger partial charge >= 0.3 is 0 Å². The van der Waals surface area contributed by atoms with Crippen molar-refractivity contribution in [3.05, 3.63) is 70.9 Å². The number of aliphatic imine (C=N–C) groups is 2. The van der Waals surface area contributed by atoms with Crippen molar-refractivity contribution in [3.63, 3.8) is 0 Å². The van der Waals surface area contributed by atoms with Gasteiger partial charge < -0.3 is 14.9 Å². The molecule has 2 aromatic carbocycles. The van der Waals surface area contributed by atoms with E-state index in [1.165, 1.54) is 38.5 Å². The van der Waals surface area contributed by atoms with Gasteiger partial charge in [-0.15, -0.1) is 0 Å². The second kappa shape index (κ2) is 15.7. The van der Waals surface area contributed by atoms with Crippen LogP contribution < -0.4 is 4.74 Å². The number of pyridine rings is 1. The largest absolute Gasteiger partial charge is 0.507 e. The van der Waals surface area contributed by atoms with Crippen molar-refractivity contribution in [1.29, 1.82) is 0 Å². The Morgan fingerprint density at radius 1 is 0.767 bits per heavy atom. The Morgan fingerprint density at radius 3 is 2.12 bits per heavy atom. The minimum atomic E-state index is -0.230. The molecule has 3 rings (SSSR count). The summed E-state index contributed by atoms with van der Waals surface area (Å²) in [6, 6.07) is 12.9. The van der Waals surface area contributed by atoms with Crippen molar-refractivity contribution < 1.29 is 14.9 Å². The minimum absolute atomic E-state index is 0.0891. The number of phenolic OH excluding ortho intramolecular Hbond substituents is 2. The van der Waals surface area contributed by atoms with Crippen molar-refractivity contribution in [1.82, 2.24) is 4.98 Å². The van der Waals surface area contributed by atoms with Gasteiger partial charge in [0.1, 0.15) is 22.9 Å². The van der Waals surface area contributed by atoms with Crippen molar-refractivity contribution >= 4 is 23.9 Å². The Balaban J connectivity index is 1.73. The molecule has 43 heavy (non-hydrogen) atoms. The van der Waals surface area contributed by atoms with Gasteiger partial charge in [0.05, 0.1) is 6.61 Å². The highest BCUT2D eigenvalue weighted by Gasteiger charge is 2.24. The van der Waals surface area contributed by atoms with Gasteiger partial charge in [-0.25, -0.2) is 9.98 Å². The summed E-state index contributed by atoms with van der Waals surface area (Å²) in [6.07, 6.45) is 14.9. The summed E-state index contributed by atoms with van der Waals surface area (Å²) in [5, 5.41) is 21.6. The Kier molecular flexibility index (Phi) is 12.4. The number of aromatic hydroxyl groups is 2. The fourth-order valence-electron chi connectivity index (χ4n) is 4.77. The average molecular weight is 586 g/mol. The minimum Gasteiger partial charge on any atom is -0.507 e. The van der Waals surface area contributed by atoms with E-state index in [1.54, 1.807) is 42.9 Å². The molecule has 0 saturated carbocycles. The van der Waals surface area contributed by atoms with Gasteiger partial charge in [0, 0.05) is 35.3 Å². The summed E-state index contributed by atoms with van der Waals surface area (Å²) in [4.78, 5) is 13.6. The SMILES string of the molecule is CCCCCCCCCCOc1ccc(O)c(/C=N/c2ncccc2N=Cc2cc(C(C)(C)C)cc(C(C)(C)C)c2O)c1. The molecular formula is C37H51N3O3. The highest BCUT2D eigenvalue weighted by atomic mass is 16.5. The molecule has 2 N–H and O–H groups in total. The van der Waals surface area contributed by atoms with E-state index in [-0.39, 0.29) is 22.3 Å². The summed E-state index contributed by atoms with van der Waals surface area (Å²) < 4.78 is 5.95. The normalized spacial score (nSPS) is 12.4. The quantitative estimate of drug-likeness (QED) is 0.146. The molecule has 232 valence electrons. The molecule has 6 heteroatoms. The second-order valence-electron chi connectivity index (χ2n) is 13.4. The first-order valence-electron chi connectivity index (χ1n) is 15.8. The van der Waals surface area contributed by atoms with E-state index in [9.17, 15) is 10.2 Å². The summed E-state index contributed by atoms with van der Waals surface area (Å²) in [7, 11) is 0. The van der Waals surface area contributed by atoms with E-state index in [0.717, 1.165) is 24.0 Å². The number of unbranched alkanes of at least 4 members (excludes halogenated alkanes) is 7. The van der Waals surface area contributed by atoms with Gasteiger partial charge in [-0.3, -0.25) is 4.99 Å². The number of ether oxygens (including phenoxy) is 1. The summed E-state index contributed by atoms with van der Waals surface area (Å²) >= 11 is 0. The predicted molar refractivity (Wildman–Crippen MR) is 180 cm³/mol. The number of aromatic nitrogens is 1. The third-order valence-electron chi connectivity index (χ3n) is 7.51. The van der Waals surface area contributed by atoms with Gasteiger partial charge in [-0.2, -0.15) is 0 Å². The molecular weight excluding hydrogens is 534 g/mol. The average Bonchev–Trinajstić information content (AvgIpc) is 2.95. The fraction of sp³-hybridized carbons (Fsp3) is 0.486. The third-order valence-corrected chi connectivity index (χ3v) is 7.51. The lowest BCUT2D eigenvalue weighted by Gasteiger charge is -2.26. The summed E-state index contributed by atoms with van der Waals surface area (Å²) in [5.41, 5.74) is 3.43. The zero-order valence-electron chi connectivity index (χ0n) is 27.3. The molecule has 0 aliphatic heterocycles. The lowest BCUT2D eigenvalue weighted by atomic mass is 9.79. The Bertz CT molecular complexity index is 1380. The van der Waals surface area contributed by atoms with Crippen LogP contribution in [-0.4, -0.2) is 34.2 Å². The Morgan fingerprint density at radius 2 is 1.44 bits per heavy atom. The maximum Gasteiger partial charge on any atom is 0.178 e. The number of benzene rings is 2. The molecule has 0 amide bonds. The number of phenols is 2. The van der Waals surface area contributed by atoms with Crippen LogP contribution in [0.1, 0.15) is 122 Å². The molecule has 0 aliphatic rings. The molecule has 0 saturated heterocycles. The van der Waals surface area contributed by atoms with Crippen LogP contribution in [0.5, 0.6) is 17.2 Å². The highest BCUT2D eigenvalue weighted by molar-refractivity contribution is 5.89. The monoisotopic (exact) mass is 585 g/mol. The first kappa shape index (κ1) is 33.8. The molecule has 1 heterocycles. The van der Waals surface area contributed by atoms with Crippen molar-refractivity contribution in [2.75, 3.05) is 6.61 Å². The van der Waals surface area contributed by atoms with Gasteiger partial charge in [0.15, 0.2) is 5.82 Å². The maximum absolute atomic E-state index is 11.1. The molecule has 0 aliphatic carbocycles. The molecule has 1 aromatic heterocycles. The van der Waals surface area contributed by atoms with Gasteiger partial charge in [0.2, 0.25) is 0 Å². The van der Waals surface area contributed by atoms with E-state index in [2.05, 4.69) is 69.5 Å². The summed E-state index contributed by atoms with van der Waals surface area (Å²) in [5.74, 6) is 1.45. The molecule has 0 fully saturated rings. The van der Waals surface area contributed by atoms with Crippen LogP contribution >= 0.6 is 0 Å². The summed E-state index contributed by atoms with van der Waals surface area (Å²) in [6.45, 7) is 15.6. The molecule has 0 bridgehead atoms. The van der Waals surface area contributed by atoms with E-state index in [1.807, 2.05) is 12.1 Å². The predicted octanol–water partition coefficient (Wildman–Crippen LogP) is 10.1. The van der Waals surface area contributed by atoms with Gasteiger partial charge in [-0.1, -0.05) is 99.5 Å². The molecule has 0 unspecified atom stereocenters. The van der Waals surface area contributed by atoms with Crippen molar-refractivity contribution in [2.45, 2.75) is 111 Å². The molecule has 6 nitrogen and oxygen atoms in total. The van der Waals surface area contributed by atoms with Crippen LogP contribution in [0.25, 0.3) is 0 Å². The zero-order valence-corrected chi connectivity index (χ0v) is 27.3. The highest BCUT2D eigenvalue weighted by Crippen LogP contribution is 2.37. The van der Waals surface area contributed by atoms with E-state index in [0.29, 0.717) is 35.0 Å².